The van der Waals surface area contributed by atoms with Gasteiger partial charge in [-0.25, -0.2) is 4.68 Å². The molecule has 0 N–H and O–H groups in total. The van der Waals surface area contributed by atoms with Crippen molar-refractivity contribution in [3.8, 4) is 6.07 Å². The van der Waals surface area contributed by atoms with Crippen molar-refractivity contribution in [3.63, 3.8) is 0 Å². The van der Waals surface area contributed by atoms with Crippen LogP contribution in [0.4, 0.5) is 0 Å². The number of nitriles is 1. The Labute approximate surface area is 119 Å². The summed E-state index contributed by atoms with van der Waals surface area (Å²) in [6.07, 6.45) is 3.36. The number of halogens is 1. The highest BCUT2D eigenvalue weighted by molar-refractivity contribution is 14.1. The molecule has 3 rings (SSSR count). The molecule has 0 spiro atoms. The summed E-state index contributed by atoms with van der Waals surface area (Å²) in [7, 11) is 0. The molecular formula is C13H12IN3O. The average molecular weight is 353 g/mol. The number of nitrogens with zero attached hydrogens (tertiary/aromatic N) is 3. The Morgan fingerprint density at radius 1 is 1.44 bits per heavy atom. The fourth-order valence-electron chi connectivity index (χ4n) is 2.31. The maximum Gasteiger partial charge on any atom is 0.150 e. The third-order valence-electron chi connectivity index (χ3n) is 3.22. The molecule has 0 amide bonds. The summed E-state index contributed by atoms with van der Waals surface area (Å²) in [6.45, 7) is 0.804. The van der Waals surface area contributed by atoms with Gasteiger partial charge in [-0.2, -0.15) is 10.4 Å². The second kappa shape index (κ2) is 4.86. The molecule has 2 heterocycles. The lowest BCUT2D eigenvalue weighted by Gasteiger charge is -2.23. The fourth-order valence-corrected chi connectivity index (χ4v) is 2.97. The molecule has 1 aromatic carbocycles. The van der Waals surface area contributed by atoms with E-state index in [1.165, 1.54) is 6.42 Å². The Balaban J connectivity index is 2.10. The largest absolute Gasteiger partial charge is 0.356 e. The van der Waals surface area contributed by atoms with E-state index in [2.05, 4.69) is 33.8 Å². The SMILES string of the molecule is N#Cc1ccc2c(c1)c(I)nn2C1CCCCO1. The van der Waals surface area contributed by atoms with Gasteiger partial charge in [-0.05, 0) is 60.1 Å². The molecular weight excluding hydrogens is 341 g/mol. The van der Waals surface area contributed by atoms with E-state index in [1.54, 1.807) is 0 Å². The van der Waals surface area contributed by atoms with Crippen LogP contribution in [0, 0.1) is 15.0 Å². The second-order valence-electron chi connectivity index (χ2n) is 4.40. The van der Waals surface area contributed by atoms with E-state index in [-0.39, 0.29) is 6.23 Å². The lowest BCUT2D eigenvalue weighted by Crippen LogP contribution is -2.19. The number of hydrogen-bond acceptors (Lipinski definition) is 3. The number of rotatable bonds is 1. The van der Waals surface area contributed by atoms with Crippen molar-refractivity contribution >= 4 is 33.5 Å². The van der Waals surface area contributed by atoms with Crippen LogP contribution >= 0.6 is 22.6 Å². The molecule has 1 saturated heterocycles. The molecule has 1 atom stereocenters. The molecule has 0 bridgehead atoms. The molecule has 1 aliphatic rings. The van der Waals surface area contributed by atoms with Gasteiger partial charge >= 0.3 is 0 Å². The predicted molar refractivity (Wildman–Crippen MR) is 76.0 cm³/mol. The molecule has 0 saturated carbocycles. The van der Waals surface area contributed by atoms with Gasteiger partial charge < -0.3 is 4.74 Å². The minimum Gasteiger partial charge on any atom is -0.356 e. The van der Waals surface area contributed by atoms with Crippen LogP contribution in [-0.2, 0) is 4.74 Å². The van der Waals surface area contributed by atoms with Crippen LogP contribution in [-0.4, -0.2) is 16.4 Å². The van der Waals surface area contributed by atoms with E-state index in [9.17, 15) is 0 Å². The molecule has 1 aliphatic heterocycles. The van der Waals surface area contributed by atoms with E-state index in [0.29, 0.717) is 5.56 Å². The Bertz CT molecular complexity index is 623. The van der Waals surface area contributed by atoms with Gasteiger partial charge in [0.05, 0.1) is 17.1 Å². The highest BCUT2D eigenvalue weighted by Crippen LogP contribution is 2.29. The normalized spacial score (nSPS) is 19.9. The number of fused-ring (bicyclic) bond motifs is 1. The molecule has 1 aromatic heterocycles. The maximum absolute atomic E-state index is 8.94. The summed E-state index contributed by atoms with van der Waals surface area (Å²) in [4.78, 5) is 0. The van der Waals surface area contributed by atoms with Crippen LogP contribution in [0.15, 0.2) is 18.2 Å². The van der Waals surface area contributed by atoms with Crippen molar-refractivity contribution in [2.24, 2.45) is 0 Å². The number of benzene rings is 1. The van der Waals surface area contributed by atoms with E-state index in [4.69, 9.17) is 10.00 Å². The van der Waals surface area contributed by atoms with Crippen molar-refractivity contribution < 1.29 is 4.74 Å². The Morgan fingerprint density at radius 3 is 3.06 bits per heavy atom. The summed E-state index contributed by atoms with van der Waals surface area (Å²) in [5.74, 6) is 0. The first kappa shape index (κ1) is 11.9. The Kier molecular flexibility index (Phi) is 3.22. The zero-order valence-electron chi connectivity index (χ0n) is 9.77. The molecule has 92 valence electrons. The van der Waals surface area contributed by atoms with Crippen molar-refractivity contribution in [2.75, 3.05) is 6.61 Å². The summed E-state index contributed by atoms with van der Waals surface area (Å²) in [6, 6.07) is 7.85. The quantitative estimate of drug-likeness (QED) is 0.740. The zero-order valence-corrected chi connectivity index (χ0v) is 11.9. The summed E-state index contributed by atoms with van der Waals surface area (Å²) >= 11 is 2.21. The molecule has 4 nitrogen and oxygen atoms in total. The highest BCUT2D eigenvalue weighted by Gasteiger charge is 2.20. The number of hydrogen-bond donors (Lipinski definition) is 0. The van der Waals surface area contributed by atoms with Gasteiger partial charge in [-0.1, -0.05) is 0 Å². The minimum absolute atomic E-state index is 0.0395. The third-order valence-corrected chi connectivity index (χ3v) is 4.02. The lowest BCUT2D eigenvalue weighted by atomic mass is 10.1. The maximum atomic E-state index is 8.94. The molecule has 1 fully saturated rings. The monoisotopic (exact) mass is 353 g/mol. The standard InChI is InChI=1S/C13H12IN3O/c14-13-10-7-9(8-15)4-5-11(10)17(16-13)12-3-1-2-6-18-12/h4-5,7,12H,1-3,6H2. The summed E-state index contributed by atoms with van der Waals surface area (Å²) in [5.41, 5.74) is 1.72. The molecule has 0 aliphatic carbocycles. The van der Waals surface area contributed by atoms with Crippen molar-refractivity contribution in [1.82, 2.24) is 9.78 Å². The molecule has 5 heteroatoms. The van der Waals surface area contributed by atoms with Gasteiger partial charge in [-0.15, -0.1) is 0 Å². The fraction of sp³-hybridized carbons (Fsp3) is 0.385. The molecule has 0 radical (unpaired) electrons. The van der Waals surface area contributed by atoms with Gasteiger partial charge in [0.15, 0.2) is 6.23 Å². The van der Waals surface area contributed by atoms with Gasteiger partial charge in [0.2, 0.25) is 0 Å². The predicted octanol–water partition coefficient (Wildman–Crippen LogP) is 3.21. The minimum atomic E-state index is 0.0395. The first-order valence-electron chi connectivity index (χ1n) is 5.99. The van der Waals surface area contributed by atoms with Gasteiger partial charge in [0.1, 0.15) is 3.70 Å². The molecule has 18 heavy (non-hydrogen) atoms. The average Bonchev–Trinajstić information content (AvgIpc) is 2.77. The highest BCUT2D eigenvalue weighted by atomic mass is 127. The molecule has 1 unspecified atom stereocenters. The molecule has 2 aromatic rings. The van der Waals surface area contributed by atoms with Crippen molar-refractivity contribution in [1.29, 1.82) is 5.26 Å². The van der Waals surface area contributed by atoms with E-state index < -0.39 is 0 Å². The van der Waals surface area contributed by atoms with Crippen LogP contribution in [0.25, 0.3) is 10.9 Å². The van der Waals surface area contributed by atoms with Gasteiger partial charge in [0.25, 0.3) is 0 Å². The van der Waals surface area contributed by atoms with Gasteiger partial charge in [-0.3, -0.25) is 0 Å². The van der Waals surface area contributed by atoms with Crippen molar-refractivity contribution in [3.05, 3.63) is 27.5 Å². The summed E-state index contributed by atoms with van der Waals surface area (Å²) < 4.78 is 8.65. The van der Waals surface area contributed by atoms with Crippen molar-refractivity contribution in [2.45, 2.75) is 25.5 Å². The van der Waals surface area contributed by atoms with Crippen LogP contribution in [0.5, 0.6) is 0 Å². The smallest absolute Gasteiger partial charge is 0.150 e. The number of ether oxygens (including phenoxy) is 1. The van der Waals surface area contributed by atoms with Crippen LogP contribution in [0.3, 0.4) is 0 Å². The third kappa shape index (κ3) is 1.99. The second-order valence-corrected chi connectivity index (χ2v) is 5.42. The van der Waals surface area contributed by atoms with E-state index >= 15 is 0 Å². The lowest BCUT2D eigenvalue weighted by molar-refractivity contribution is -0.0368. The van der Waals surface area contributed by atoms with Crippen LogP contribution in [0.2, 0.25) is 0 Å². The number of aromatic nitrogens is 2. The van der Waals surface area contributed by atoms with Crippen LogP contribution in [0.1, 0.15) is 31.1 Å². The Morgan fingerprint density at radius 2 is 2.33 bits per heavy atom. The topological polar surface area (TPSA) is 50.8 Å². The Hall–Kier alpha value is -1.13. The first-order valence-corrected chi connectivity index (χ1v) is 7.07. The van der Waals surface area contributed by atoms with E-state index in [1.807, 2.05) is 22.9 Å². The van der Waals surface area contributed by atoms with E-state index in [0.717, 1.165) is 34.1 Å². The van der Waals surface area contributed by atoms with Gasteiger partial charge in [0, 0.05) is 12.0 Å². The summed E-state index contributed by atoms with van der Waals surface area (Å²) in [5, 5.41) is 14.5. The zero-order chi connectivity index (χ0) is 12.5. The first-order chi connectivity index (χ1) is 8.79. The van der Waals surface area contributed by atoms with Crippen LogP contribution < -0.4 is 0 Å².